The minimum atomic E-state index is 1.25. The molecule has 1 aromatic carbocycles. The number of benzene rings is 1. The van der Waals surface area contributed by atoms with E-state index in [0.717, 1.165) is 0 Å². The van der Waals surface area contributed by atoms with Gasteiger partial charge in [0.05, 0.1) is 0 Å². The first-order valence-electron chi connectivity index (χ1n) is 3.77. The number of nitrogens with zero attached hydrogens (tertiary/aromatic N) is 1. The van der Waals surface area contributed by atoms with Crippen molar-refractivity contribution in [3.8, 4) is 0 Å². The number of halogens is 1. The fraction of sp³-hybridized carbons (Fsp3) is 0.100. The van der Waals surface area contributed by atoms with E-state index in [1.807, 2.05) is 18.5 Å². The average Bonchev–Trinajstić information content (AvgIpc) is 2.04. The van der Waals surface area contributed by atoms with E-state index in [-0.39, 0.29) is 0 Å². The molecular formula is C10H8IN. The molecule has 1 nitrogen and oxygen atoms in total. The molecule has 0 amide bonds. The van der Waals surface area contributed by atoms with Gasteiger partial charge in [-0.15, -0.1) is 0 Å². The molecule has 0 aliphatic heterocycles. The Hall–Kier alpha value is -0.640. The molecule has 0 saturated heterocycles. The molecule has 0 unspecified atom stereocenters. The first kappa shape index (κ1) is 7.98. The van der Waals surface area contributed by atoms with Crippen LogP contribution in [0.5, 0.6) is 0 Å². The second-order valence-electron chi connectivity index (χ2n) is 2.82. The maximum absolute atomic E-state index is 4.10. The van der Waals surface area contributed by atoms with Gasteiger partial charge in [0.15, 0.2) is 0 Å². The smallest absolute Gasteiger partial charge is 0.0349 e. The molecule has 0 bridgehead atoms. The third-order valence-corrected chi connectivity index (χ3v) is 2.55. The predicted octanol–water partition coefficient (Wildman–Crippen LogP) is 3.15. The SMILES string of the molecule is Cc1cc(I)cc2ccncc12. The van der Waals surface area contributed by atoms with Crippen molar-refractivity contribution in [2.24, 2.45) is 0 Å². The number of fused-ring (bicyclic) bond motifs is 1. The highest BCUT2D eigenvalue weighted by molar-refractivity contribution is 14.1. The lowest BCUT2D eigenvalue weighted by Gasteiger charge is -2.01. The van der Waals surface area contributed by atoms with Crippen molar-refractivity contribution in [1.82, 2.24) is 4.98 Å². The van der Waals surface area contributed by atoms with Crippen LogP contribution in [-0.4, -0.2) is 4.98 Å². The van der Waals surface area contributed by atoms with Gasteiger partial charge < -0.3 is 0 Å². The van der Waals surface area contributed by atoms with Crippen LogP contribution in [0.1, 0.15) is 5.56 Å². The Labute approximate surface area is 85.0 Å². The summed E-state index contributed by atoms with van der Waals surface area (Å²) in [5, 5.41) is 2.52. The summed E-state index contributed by atoms with van der Waals surface area (Å²) < 4.78 is 1.28. The molecule has 0 fully saturated rings. The molecular weight excluding hydrogens is 261 g/mol. The number of hydrogen-bond donors (Lipinski definition) is 0. The van der Waals surface area contributed by atoms with Gasteiger partial charge in [0.25, 0.3) is 0 Å². The van der Waals surface area contributed by atoms with Crippen LogP contribution < -0.4 is 0 Å². The number of rotatable bonds is 0. The Morgan fingerprint density at radius 3 is 3.00 bits per heavy atom. The van der Waals surface area contributed by atoms with E-state index in [4.69, 9.17) is 0 Å². The van der Waals surface area contributed by atoms with E-state index >= 15 is 0 Å². The second-order valence-corrected chi connectivity index (χ2v) is 4.07. The van der Waals surface area contributed by atoms with Crippen molar-refractivity contribution in [2.45, 2.75) is 6.92 Å². The number of aryl methyl sites for hydroxylation is 1. The van der Waals surface area contributed by atoms with Crippen molar-refractivity contribution in [1.29, 1.82) is 0 Å². The molecule has 1 heterocycles. The lowest BCUT2D eigenvalue weighted by atomic mass is 10.1. The fourth-order valence-corrected chi connectivity index (χ4v) is 2.14. The first-order chi connectivity index (χ1) is 5.77. The summed E-state index contributed by atoms with van der Waals surface area (Å²) in [5.74, 6) is 0. The molecule has 0 aliphatic rings. The van der Waals surface area contributed by atoms with E-state index < -0.39 is 0 Å². The van der Waals surface area contributed by atoms with Crippen LogP contribution in [0.4, 0.5) is 0 Å². The predicted molar refractivity (Wildman–Crippen MR) is 59.2 cm³/mol. The summed E-state index contributed by atoms with van der Waals surface area (Å²) >= 11 is 2.33. The van der Waals surface area contributed by atoms with Crippen LogP contribution in [-0.2, 0) is 0 Å². The molecule has 0 spiro atoms. The highest BCUT2D eigenvalue weighted by Gasteiger charge is 1.97. The molecule has 0 atom stereocenters. The Morgan fingerprint density at radius 2 is 2.17 bits per heavy atom. The highest BCUT2D eigenvalue weighted by atomic mass is 127. The Balaban J connectivity index is 2.89. The monoisotopic (exact) mass is 269 g/mol. The second kappa shape index (κ2) is 3.01. The van der Waals surface area contributed by atoms with E-state index in [1.54, 1.807) is 0 Å². The molecule has 60 valence electrons. The lowest BCUT2D eigenvalue weighted by Crippen LogP contribution is -1.81. The Morgan fingerprint density at radius 1 is 1.33 bits per heavy atom. The van der Waals surface area contributed by atoms with Crippen molar-refractivity contribution in [3.63, 3.8) is 0 Å². The zero-order chi connectivity index (χ0) is 8.55. The van der Waals surface area contributed by atoms with Crippen molar-refractivity contribution in [3.05, 3.63) is 39.7 Å². The van der Waals surface area contributed by atoms with E-state index in [1.165, 1.54) is 19.9 Å². The van der Waals surface area contributed by atoms with Crippen molar-refractivity contribution >= 4 is 33.4 Å². The van der Waals surface area contributed by atoms with Gasteiger partial charge in [-0.1, -0.05) is 0 Å². The summed E-state index contributed by atoms with van der Waals surface area (Å²) in [6.45, 7) is 2.12. The molecule has 2 rings (SSSR count). The lowest BCUT2D eigenvalue weighted by molar-refractivity contribution is 1.35. The third kappa shape index (κ3) is 1.31. The minimum absolute atomic E-state index is 1.25. The standard InChI is InChI=1S/C10H8IN/c1-7-4-9(11)5-8-2-3-12-6-10(7)8/h2-6H,1H3. The number of hydrogen-bond acceptors (Lipinski definition) is 1. The van der Waals surface area contributed by atoms with Crippen molar-refractivity contribution in [2.75, 3.05) is 0 Å². The average molecular weight is 269 g/mol. The van der Waals surface area contributed by atoms with Gasteiger partial charge in [-0.2, -0.15) is 0 Å². The third-order valence-electron chi connectivity index (χ3n) is 1.93. The number of pyridine rings is 1. The molecule has 2 heteroatoms. The van der Waals surface area contributed by atoms with Crippen LogP contribution in [0.15, 0.2) is 30.6 Å². The van der Waals surface area contributed by atoms with Gasteiger partial charge in [0.2, 0.25) is 0 Å². The molecule has 0 aliphatic carbocycles. The van der Waals surface area contributed by atoms with Crippen LogP contribution in [0, 0.1) is 10.5 Å². The van der Waals surface area contributed by atoms with Crippen LogP contribution in [0.3, 0.4) is 0 Å². The number of aromatic nitrogens is 1. The molecule has 12 heavy (non-hydrogen) atoms. The molecule has 0 N–H and O–H groups in total. The van der Waals surface area contributed by atoms with E-state index in [2.05, 4.69) is 46.6 Å². The summed E-state index contributed by atoms with van der Waals surface area (Å²) in [6, 6.07) is 6.39. The van der Waals surface area contributed by atoms with Crippen molar-refractivity contribution < 1.29 is 0 Å². The largest absolute Gasteiger partial charge is 0.264 e. The fourth-order valence-electron chi connectivity index (χ4n) is 1.34. The molecule has 2 aromatic rings. The highest BCUT2D eigenvalue weighted by Crippen LogP contribution is 2.20. The maximum atomic E-state index is 4.10. The molecule has 1 aromatic heterocycles. The summed E-state index contributed by atoms with van der Waals surface area (Å²) in [5.41, 5.74) is 1.30. The van der Waals surface area contributed by atoms with Crippen LogP contribution >= 0.6 is 22.6 Å². The van der Waals surface area contributed by atoms with Gasteiger partial charge in [0.1, 0.15) is 0 Å². The van der Waals surface area contributed by atoms with Gasteiger partial charge in [0, 0.05) is 21.4 Å². The van der Waals surface area contributed by atoms with Gasteiger partial charge in [-0.05, 0) is 58.7 Å². The summed E-state index contributed by atoms with van der Waals surface area (Å²) in [4.78, 5) is 4.10. The van der Waals surface area contributed by atoms with Crippen LogP contribution in [0.25, 0.3) is 10.8 Å². The zero-order valence-electron chi connectivity index (χ0n) is 6.71. The maximum Gasteiger partial charge on any atom is 0.0349 e. The summed E-state index contributed by atoms with van der Waals surface area (Å²) in [6.07, 6.45) is 3.75. The van der Waals surface area contributed by atoms with Crippen LogP contribution in [0.2, 0.25) is 0 Å². The quantitative estimate of drug-likeness (QED) is 0.669. The van der Waals surface area contributed by atoms with Gasteiger partial charge in [-0.25, -0.2) is 0 Å². The summed E-state index contributed by atoms with van der Waals surface area (Å²) in [7, 11) is 0. The first-order valence-corrected chi connectivity index (χ1v) is 4.85. The Bertz CT molecular complexity index is 423. The molecule has 0 saturated carbocycles. The minimum Gasteiger partial charge on any atom is -0.264 e. The van der Waals surface area contributed by atoms with Gasteiger partial charge >= 0.3 is 0 Å². The van der Waals surface area contributed by atoms with E-state index in [0.29, 0.717) is 0 Å². The zero-order valence-corrected chi connectivity index (χ0v) is 8.87. The molecule has 0 radical (unpaired) electrons. The topological polar surface area (TPSA) is 12.9 Å². The van der Waals surface area contributed by atoms with E-state index in [9.17, 15) is 0 Å². The van der Waals surface area contributed by atoms with Gasteiger partial charge in [-0.3, -0.25) is 4.98 Å². The normalized spacial score (nSPS) is 10.5. The Kier molecular flexibility index (Phi) is 2.00.